The van der Waals surface area contributed by atoms with Gasteiger partial charge in [0.15, 0.2) is 34.7 Å². The fourth-order valence-corrected chi connectivity index (χ4v) is 5.97. The number of nitrogens with zero attached hydrogens (tertiary/aromatic N) is 2. The number of anilines is 1. The van der Waals surface area contributed by atoms with E-state index >= 15 is 4.39 Å². The Hall–Kier alpha value is -3.18. The van der Waals surface area contributed by atoms with Crippen LogP contribution in [0.25, 0.3) is 0 Å². The van der Waals surface area contributed by atoms with E-state index in [0.29, 0.717) is 11.3 Å². The van der Waals surface area contributed by atoms with Crippen LogP contribution < -0.4 is 10.6 Å². The lowest BCUT2D eigenvalue weighted by Gasteiger charge is -2.54. The lowest BCUT2D eigenvalue weighted by Crippen LogP contribution is -2.77. The topological polar surface area (TPSA) is 158 Å². The normalized spacial score (nSPS) is 35.0. The van der Waals surface area contributed by atoms with E-state index in [2.05, 4.69) is 0 Å². The van der Waals surface area contributed by atoms with Crippen molar-refractivity contribution in [3.63, 3.8) is 0 Å². The number of fused-ring (bicyclic) bond motifs is 3. The minimum absolute atomic E-state index is 0.144. The standard InChI is InChI=1S/C23H26FN3O7/c1-26(2)10-5-6-11(28)12-8(10)7-9-13(18(12)29)20(31)23(34)15(16(9)24)17(27(3)4)19(30)14(21(23)32)22(25)33/h5-6,9,13-17,28,34H,7H2,1-4H3,(H2,25,33)/t9-,13?,14?,15+,16+,17+,23+/m1/s1. The fourth-order valence-electron chi connectivity index (χ4n) is 5.97. The van der Waals surface area contributed by atoms with E-state index < -0.39 is 76.3 Å². The molecule has 0 heterocycles. The number of phenolic OH excluding ortho intramolecular Hbond substituents is 1. The van der Waals surface area contributed by atoms with E-state index in [1.54, 1.807) is 25.1 Å². The molecule has 2 unspecified atom stereocenters. The lowest BCUT2D eigenvalue weighted by atomic mass is 9.51. The maximum Gasteiger partial charge on any atom is 0.235 e. The van der Waals surface area contributed by atoms with Crippen LogP contribution in [0, 0.1) is 23.7 Å². The van der Waals surface area contributed by atoms with Crippen molar-refractivity contribution in [2.75, 3.05) is 33.1 Å². The second-order valence-corrected chi connectivity index (χ2v) is 9.67. The van der Waals surface area contributed by atoms with Gasteiger partial charge in [-0.1, -0.05) is 0 Å². The van der Waals surface area contributed by atoms with Crippen LogP contribution in [0.4, 0.5) is 10.1 Å². The van der Waals surface area contributed by atoms with Gasteiger partial charge in [0.2, 0.25) is 5.91 Å². The number of aliphatic hydroxyl groups is 1. The minimum atomic E-state index is -3.11. The predicted molar refractivity (Wildman–Crippen MR) is 116 cm³/mol. The largest absolute Gasteiger partial charge is 0.507 e. The SMILES string of the molecule is CN(C)c1ccc(O)c2c1C[C@@H]1C(C2=O)C(=O)[C@]2(O)C(=O)C(C(N)=O)C(=O)[C@@H](N(C)C)[C@@H]2[C@H]1F. The third kappa shape index (κ3) is 2.89. The predicted octanol–water partition coefficient (Wildman–Crippen LogP) is -1.12. The number of likely N-dealkylation sites (N-methyl/N-ethyl adjacent to an activating group) is 1. The molecule has 0 aromatic heterocycles. The van der Waals surface area contributed by atoms with E-state index in [-0.39, 0.29) is 12.0 Å². The zero-order chi connectivity index (χ0) is 25.4. The minimum Gasteiger partial charge on any atom is -0.507 e. The summed E-state index contributed by atoms with van der Waals surface area (Å²) in [5.74, 6) is -13.5. The molecule has 3 aliphatic rings. The van der Waals surface area contributed by atoms with Crippen LogP contribution in [-0.4, -0.2) is 90.2 Å². The molecule has 0 radical (unpaired) electrons. The second-order valence-electron chi connectivity index (χ2n) is 9.67. The number of aromatic hydroxyl groups is 1. The monoisotopic (exact) mass is 475 g/mol. The zero-order valence-corrected chi connectivity index (χ0v) is 19.1. The number of phenols is 1. The number of rotatable bonds is 3. The van der Waals surface area contributed by atoms with Crippen molar-refractivity contribution in [3.8, 4) is 5.75 Å². The van der Waals surface area contributed by atoms with Gasteiger partial charge in [-0.2, -0.15) is 0 Å². The molecule has 1 aromatic rings. The first-order valence-corrected chi connectivity index (χ1v) is 10.8. The van der Waals surface area contributed by atoms with Crippen LogP contribution in [-0.2, 0) is 25.6 Å². The van der Waals surface area contributed by atoms with Crippen molar-refractivity contribution >= 4 is 34.7 Å². The number of nitrogens with two attached hydrogens (primary N) is 1. The molecule has 0 saturated heterocycles. The Balaban J connectivity index is 1.94. The van der Waals surface area contributed by atoms with Gasteiger partial charge in [-0.15, -0.1) is 0 Å². The van der Waals surface area contributed by atoms with Crippen molar-refractivity contribution in [1.82, 2.24) is 4.90 Å². The lowest BCUT2D eigenvalue weighted by molar-refractivity contribution is -0.189. The number of amides is 1. The molecule has 2 saturated carbocycles. The molecule has 182 valence electrons. The number of Topliss-reactive ketones (excluding diaryl/α,β-unsaturated/α-hetero) is 4. The number of hydrogen-bond acceptors (Lipinski definition) is 9. The maximum absolute atomic E-state index is 16.3. The summed E-state index contributed by atoms with van der Waals surface area (Å²) >= 11 is 0. The van der Waals surface area contributed by atoms with Gasteiger partial charge in [-0.3, -0.25) is 28.9 Å². The molecule has 0 bridgehead atoms. The number of primary amides is 1. The van der Waals surface area contributed by atoms with Gasteiger partial charge in [0.25, 0.3) is 0 Å². The van der Waals surface area contributed by atoms with E-state index in [1.165, 1.54) is 25.1 Å². The van der Waals surface area contributed by atoms with E-state index in [4.69, 9.17) is 5.73 Å². The molecule has 1 amide bonds. The third-order valence-electron chi connectivity index (χ3n) is 7.43. The Bertz CT molecular complexity index is 1150. The molecule has 7 atom stereocenters. The molecule has 34 heavy (non-hydrogen) atoms. The molecular weight excluding hydrogens is 449 g/mol. The van der Waals surface area contributed by atoms with E-state index in [1.807, 2.05) is 0 Å². The van der Waals surface area contributed by atoms with Crippen LogP contribution in [0.2, 0.25) is 0 Å². The van der Waals surface area contributed by atoms with Gasteiger partial charge in [0.05, 0.1) is 23.4 Å². The molecule has 0 spiro atoms. The first-order valence-electron chi connectivity index (χ1n) is 10.8. The summed E-state index contributed by atoms with van der Waals surface area (Å²) in [6, 6.07) is 1.33. The fraction of sp³-hybridized carbons (Fsp3) is 0.522. The average molecular weight is 475 g/mol. The maximum atomic E-state index is 16.3. The number of halogens is 1. The molecule has 11 heteroatoms. The third-order valence-corrected chi connectivity index (χ3v) is 7.43. The molecular formula is C23H26FN3O7. The zero-order valence-electron chi connectivity index (χ0n) is 19.1. The molecule has 1 aromatic carbocycles. The van der Waals surface area contributed by atoms with Crippen LogP contribution >= 0.6 is 0 Å². The molecule has 2 fully saturated rings. The number of alkyl halides is 1. The van der Waals surface area contributed by atoms with Crippen molar-refractivity contribution in [3.05, 3.63) is 23.3 Å². The van der Waals surface area contributed by atoms with Crippen LogP contribution in [0.5, 0.6) is 5.75 Å². The van der Waals surface area contributed by atoms with Gasteiger partial charge in [-0.25, -0.2) is 4.39 Å². The Kier molecular flexibility index (Phi) is 5.41. The van der Waals surface area contributed by atoms with Crippen molar-refractivity contribution < 1.29 is 38.6 Å². The van der Waals surface area contributed by atoms with Crippen LogP contribution in [0.1, 0.15) is 15.9 Å². The van der Waals surface area contributed by atoms with Gasteiger partial charge < -0.3 is 20.8 Å². The summed E-state index contributed by atoms with van der Waals surface area (Å²) in [4.78, 5) is 68.1. The highest BCUT2D eigenvalue weighted by Gasteiger charge is 2.72. The number of ketones is 4. The van der Waals surface area contributed by atoms with Crippen molar-refractivity contribution in [2.24, 2.45) is 29.4 Å². The first kappa shape index (κ1) is 24.0. The molecule has 4 rings (SSSR count). The highest BCUT2D eigenvalue weighted by atomic mass is 19.1. The summed E-state index contributed by atoms with van der Waals surface area (Å²) in [5.41, 5.74) is 2.83. The van der Waals surface area contributed by atoms with Gasteiger partial charge >= 0.3 is 0 Å². The Morgan fingerprint density at radius 2 is 1.74 bits per heavy atom. The Labute approximate surface area is 194 Å². The van der Waals surface area contributed by atoms with Gasteiger partial charge in [0, 0.05) is 25.7 Å². The average Bonchev–Trinajstić information content (AvgIpc) is 2.73. The summed E-state index contributed by atoms with van der Waals surface area (Å²) in [7, 11) is 6.18. The number of carbonyl (C=O) groups is 5. The van der Waals surface area contributed by atoms with Crippen molar-refractivity contribution in [2.45, 2.75) is 24.2 Å². The molecule has 3 aliphatic carbocycles. The number of hydrogen-bond donors (Lipinski definition) is 3. The van der Waals surface area contributed by atoms with Gasteiger partial charge in [-0.05, 0) is 38.2 Å². The Morgan fingerprint density at radius 1 is 1.12 bits per heavy atom. The number of carbonyl (C=O) groups excluding carboxylic acids is 5. The molecule has 4 N–H and O–H groups in total. The number of benzene rings is 1. The summed E-state index contributed by atoms with van der Waals surface area (Å²) < 4.78 is 16.3. The van der Waals surface area contributed by atoms with E-state index in [9.17, 15) is 34.2 Å². The molecule has 0 aliphatic heterocycles. The second kappa shape index (κ2) is 7.67. The van der Waals surface area contributed by atoms with Gasteiger partial charge in [0.1, 0.15) is 11.9 Å². The summed E-state index contributed by atoms with van der Waals surface area (Å²) in [6.07, 6.45) is -2.27. The Morgan fingerprint density at radius 3 is 2.26 bits per heavy atom. The van der Waals surface area contributed by atoms with Crippen molar-refractivity contribution in [1.29, 1.82) is 0 Å². The van der Waals surface area contributed by atoms with E-state index in [0.717, 1.165) is 0 Å². The molecule has 10 nitrogen and oxygen atoms in total. The smallest absolute Gasteiger partial charge is 0.235 e. The highest BCUT2D eigenvalue weighted by molar-refractivity contribution is 6.32. The quantitative estimate of drug-likeness (QED) is 0.461. The first-order chi connectivity index (χ1) is 15.8. The van der Waals surface area contributed by atoms with Crippen LogP contribution in [0.3, 0.4) is 0 Å². The summed E-state index contributed by atoms with van der Waals surface area (Å²) in [6.45, 7) is 0. The summed E-state index contributed by atoms with van der Waals surface area (Å²) in [5, 5.41) is 21.8. The van der Waals surface area contributed by atoms with Crippen LogP contribution in [0.15, 0.2) is 12.1 Å². The highest BCUT2D eigenvalue weighted by Crippen LogP contribution is 2.52.